The summed E-state index contributed by atoms with van der Waals surface area (Å²) in [6.45, 7) is 0. The van der Waals surface area contributed by atoms with Crippen molar-refractivity contribution >= 4 is 66.4 Å². The van der Waals surface area contributed by atoms with E-state index in [1.807, 2.05) is 12.1 Å². The molecule has 0 aliphatic heterocycles. The van der Waals surface area contributed by atoms with Crippen molar-refractivity contribution in [2.24, 2.45) is 10.3 Å². The SMILES string of the molecule is NS(=O)(=O)c1cc(NC(=O)Cc2ccccc2Cl)ccc1-n1cc(-c2ccccn2)cn1.NS(=O)(=O)c1cc(NC(=O)Cc2ccccc2Cl)ccc1-n1cc(-c2cnccn2)cn1. The molecule has 6 N–H and O–H groups in total. The Kier molecular flexibility index (Phi) is 13.7. The molecule has 0 atom stereocenters. The summed E-state index contributed by atoms with van der Waals surface area (Å²) in [5.74, 6) is -0.696. The van der Waals surface area contributed by atoms with E-state index in [1.54, 1.807) is 110 Å². The Morgan fingerprint density at radius 3 is 1.47 bits per heavy atom. The van der Waals surface area contributed by atoms with Crippen LogP contribution in [0.3, 0.4) is 0 Å². The molecule has 64 heavy (non-hydrogen) atoms. The number of carbonyl (C=O) groups is 2. The topological polar surface area (TPSA) is 253 Å². The number of carbonyl (C=O) groups excluding carboxylic acids is 2. The zero-order chi connectivity index (χ0) is 45.4. The average molecular weight is 937 g/mol. The van der Waals surface area contributed by atoms with E-state index in [-0.39, 0.29) is 57.2 Å². The van der Waals surface area contributed by atoms with E-state index in [9.17, 15) is 26.4 Å². The number of nitrogens with two attached hydrogens (primary N) is 2. The molecule has 8 aromatic rings. The summed E-state index contributed by atoms with van der Waals surface area (Å²) in [6, 6.07) is 28.2. The number of nitrogens with one attached hydrogen (secondary N) is 2. The number of sulfonamides is 2. The van der Waals surface area contributed by atoms with Crippen LogP contribution in [0.15, 0.2) is 162 Å². The van der Waals surface area contributed by atoms with Gasteiger partial charge in [0.1, 0.15) is 9.79 Å². The predicted molar refractivity (Wildman–Crippen MR) is 242 cm³/mol. The smallest absolute Gasteiger partial charge is 0.240 e. The van der Waals surface area contributed by atoms with Crippen LogP contribution in [0.2, 0.25) is 10.0 Å². The average Bonchev–Trinajstić information content (AvgIpc) is 3.97. The quantitative estimate of drug-likeness (QED) is 0.107. The van der Waals surface area contributed by atoms with Gasteiger partial charge < -0.3 is 10.6 Å². The second-order valence-corrected chi connectivity index (χ2v) is 17.6. The molecule has 0 unspecified atom stereocenters. The number of pyridine rings is 1. The van der Waals surface area contributed by atoms with Gasteiger partial charge in [-0.3, -0.25) is 24.5 Å². The van der Waals surface area contributed by atoms with Crippen molar-refractivity contribution in [3.8, 4) is 33.9 Å². The third kappa shape index (κ3) is 11.3. The van der Waals surface area contributed by atoms with E-state index in [1.165, 1.54) is 39.8 Å². The van der Waals surface area contributed by atoms with Crippen molar-refractivity contribution in [3.63, 3.8) is 0 Å². The van der Waals surface area contributed by atoms with Crippen LogP contribution in [0.25, 0.3) is 33.9 Å². The maximum absolute atomic E-state index is 12.4. The first-order chi connectivity index (χ1) is 30.6. The summed E-state index contributed by atoms with van der Waals surface area (Å²) < 4.78 is 51.8. The zero-order valence-electron chi connectivity index (χ0n) is 33.2. The Morgan fingerprint density at radius 1 is 0.562 bits per heavy atom. The molecule has 0 aliphatic carbocycles. The highest BCUT2D eigenvalue weighted by Gasteiger charge is 2.21. The number of benzene rings is 4. The first-order valence-corrected chi connectivity index (χ1v) is 22.7. The molecule has 17 nitrogen and oxygen atoms in total. The standard InChI is InChI=1S/C22H18ClN5O3S.C21H17ClN6O3S/c23-18-6-2-1-5-15(18)11-22(29)27-17-8-9-20(21(12-17)32(24,30)31)28-14-16(13-26-28)19-7-3-4-10-25-19;22-17-4-2-1-3-14(17)9-21(29)27-16-5-6-19(20(10-16)32(23,30)31)28-13-15(11-26-28)18-12-24-7-8-25-18/h1-10,12-14H,11H2,(H,27,29)(H2,24,30,31);1-8,10-13H,9H2,(H,27,29)(H2,23,30,31). The van der Waals surface area contributed by atoms with Gasteiger partial charge in [-0.25, -0.2) is 36.5 Å². The van der Waals surface area contributed by atoms with Crippen LogP contribution in [0.1, 0.15) is 11.1 Å². The van der Waals surface area contributed by atoms with E-state index in [4.69, 9.17) is 33.5 Å². The Labute approximate surface area is 376 Å². The molecule has 0 radical (unpaired) electrons. The predicted octanol–water partition coefficient (Wildman–Crippen LogP) is 6.23. The highest BCUT2D eigenvalue weighted by Crippen LogP contribution is 2.28. The number of nitrogens with zero attached hydrogens (tertiary/aromatic N) is 7. The van der Waals surface area contributed by atoms with Crippen LogP contribution in [0.5, 0.6) is 0 Å². The zero-order valence-corrected chi connectivity index (χ0v) is 36.3. The van der Waals surface area contributed by atoms with Gasteiger partial charge in [0.25, 0.3) is 0 Å². The Balaban J connectivity index is 0.000000191. The van der Waals surface area contributed by atoms with Crippen LogP contribution >= 0.6 is 23.2 Å². The molecule has 0 spiro atoms. The molecule has 4 heterocycles. The normalized spacial score (nSPS) is 11.3. The third-order valence-electron chi connectivity index (χ3n) is 9.20. The van der Waals surface area contributed by atoms with Crippen molar-refractivity contribution in [3.05, 3.63) is 174 Å². The maximum atomic E-state index is 12.4. The molecule has 0 aliphatic rings. The van der Waals surface area contributed by atoms with E-state index in [0.717, 1.165) is 0 Å². The molecule has 0 fully saturated rings. The molecular formula is C43H35Cl2N11O6S2. The highest BCUT2D eigenvalue weighted by molar-refractivity contribution is 7.89. The molecule has 21 heteroatoms. The summed E-state index contributed by atoms with van der Waals surface area (Å²) >= 11 is 12.2. The van der Waals surface area contributed by atoms with E-state index in [0.29, 0.717) is 43.7 Å². The first kappa shape index (κ1) is 44.9. The van der Waals surface area contributed by atoms with Crippen LogP contribution < -0.4 is 20.9 Å². The largest absolute Gasteiger partial charge is 0.326 e. The van der Waals surface area contributed by atoms with Gasteiger partial charge in [-0.15, -0.1) is 0 Å². The monoisotopic (exact) mass is 935 g/mol. The van der Waals surface area contributed by atoms with Gasteiger partial charge >= 0.3 is 0 Å². The van der Waals surface area contributed by atoms with Crippen LogP contribution in [-0.2, 0) is 42.5 Å². The minimum atomic E-state index is -4.12. The lowest BCUT2D eigenvalue weighted by atomic mass is 10.1. The fourth-order valence-corrected chi connectivity index (χ4v) is 8.11. The van der Waals surface area contributed by atoms with Crippen LogP contribution in [0.4, 0.5) is 11.4 Å². The third-order valence-corrected chi connectivity index (χ3v) is 11.8. The van der Waals surface area contributed by atoms with E-state index < -0.39 is 20.0 Å². The minimum Gasteiger partial charge on any atom is -0.326 e. The van der Waals surface area contributed by atoms with E-state index >= 15 is 0 Å². The molecule has 0 saturated heterocycles. The number of anilines is 2. The summed E-state index contributed by atoms with van der Waals surface area (Å²) in [5.41, 5.74) is 4.99. The van der Waals surface area contributed by atoms with Gasteiger partial charge in [0.15, 0.2) is 0 Å². The number of rotatable bonds is 12. The lowest BCUT2D eigenvalue weighted by molar-refractivity contribution is -0.116. The van der Waals surface area contributed by atoms with Crippen LogP contribution in [0, 0.1) is 0 Å². The second kappa shape index (κ2) is 19.5. The summed E-state index contributed by atoms with van der Waals surface area (Å²) in [4.78, 5) is 37.0. The summed E-state index contributed by atoms with van der Waals surface area (Å²) in [7, 11) is -8.23. The molecule has 0 bridgehead atoms. The van der Waals surface area contributed by atoms with Gasteiger partial charge in [0, 0.05) is 63.5 Å². The maximum Gasteiger partial charge on any atom is 0.240 e. The lowest BCUT2D eigenvalue weighted by Gasteiger charge is -2.12. The molecule has 2 amide bonds. The number of hydrogen-bond acceptors (Lipinski definition) is 11. The number of primary sulfonamides is 2. The van der Waals surface area contributed by atoms with Crippen molar-refractivity contribution in [1.82, 2.24) is 34.5 Å². The van der Waals surface area contributed by atoms with Gasteiger partial charge in [0.2, 0.25) is 31.9 Å². The number of halogens is 2. The number of amides is 2. The first-order valence-electron chi connectivity index (χ1n) is 18.8. The lowest BCUT2D eigenvalue weighted by Crippen LogP contribution is -2.18. The Hall–Kier alpha value is -7.13. The van der Waals surface area contributed by atoms with Gasteiger partial charge in [-0.1, -0.05) is 65.7 Å². The van der Waals surface area contributed by atoms with Gasteiger partial charge in [-0.05, 0) is 71.8 Å². The molecule has 324 valence electrons. The van der Waals surface area contributed by atoms with E-state index in [2.05, 4.69) is 35.8 Å². The Morgan fingerprint density at radius 2 is 1.03 bits per heavy atom. The number of hydrogen-bond donors (Lipinski definition) is 4. The molecule has 4 aromatic heterocycles. The fourth-order valence-electron chi connectivity index (χ4n) is 6.21. The Bertz CT molecular complexity index is 2990. The second-order valence-electron chi connectivity index (χ2n) is 13.7. The molecular weight excluding hydrogens is 902 g/mol. The number of aromatic nitrogens is 7. The fraction of sp³-hybridized carbons (Fsp3) is 0.0465. The van der Waals surface area contributed by atoms with Crippen LogP contribution in [-0.4, -0.2) is 63.2 Å². The van der Waals surface area contributed by atoms with Crippen molar-refractivity contribution in [1.29, 1.82) is 0 Å². The molecule has 8 rings (SSSR count). The minimum absolute atomic E-state index is 0.0345. The van der Waals surface area contributed by atoms with Crippen molar-refractivity contribution in [2.45, 2.75) is 22.6 Å². The van der Waals surface area contributed by atoms with Gasteiger partial charge in [0.05, 0.1) is 54.2 Å². The highest BCUT2D eigenvalue weighted by atomic mass is 35.5. The van der Waals surface area contributed by atoms with Gasteiger partial charge in [-0.2, -0.15) is 10.2 Å². The molecule has 4 aromatic carbocycles. The molecule has 0 saturated carbocycles. The van der Waals surface area contributed by atoms with Crippen molar-refractivity contribution in [2.75, 3.05) is 10.6 Å². The summed E-state index contributed by atoms with van der Waals surface area (Å²) in [6.07, 6.45) is 12.8. The summed E-state index contributed by atoms with van der Waals surface area (Å²) in [5, 5.41) is 25.7. The van der Waals surface area contributed by atoms with Crippen molar-refractivity contribution < 1.29 is 26.4 Å².